The molecule has 23 heavy (non-hydrogen) atoms. The highest BCUT2D eigenvalue weighted by Crippen LogP contribution is 2.26. The molecule has 1 aliphatic heterocycles. The molecule has 1 unspecified atom stereocenters. The van der Waals surface area contributed by atoms with Gasteiger partial charge in [0.15, 0.2) is 0 Å². The summed E-state index contributed by atoms with van der Waals surface area (Å²) in [7, 11) is 0. The summed E-state index contributed by atoms with van der Waals surface area (Å²) in [6.45, 7) is 10.2. The van der Waals surface area contributed by atoms with Crippen molar-refractivity contribution in [1.29, 1.82) is 0 Å². The minimum absolute atomic E-state index is 0.309. The molecular formula is C19H38N4. The van der Waals surface area contributed by atoms with Crippen molar-refractivity contribution in [2.75, 3.05) is 6.54 Å². The van der Waals surface area contributed by atoms with Gasteiger partial charge >= 0.3 is 0 Å². The number of rotatable bonds is 12. The van der Waals surface area contributed by atoms with E-state index in [9.17, 15) is 0 Å². The van der Waals surface area contributed by atoms with Crippen LogP contribution >= 0.6 is 0 Å². The second-order valence-corrected chi connectivity index (χ2v) is 7.73. The third-order valence-corrected chi connectivity index (χ3v) is 4.57. The topological polar surface area (TPSA) is 54.0 Å². The van der Waals surface area contributed by atoms with Crippen molar-refractivity contribution < 1.29 is 0 Å². The van der Waals surface area contributed by atoms with Crippen LogP contribution in [0.5, 0.6) is 0 Å². The maximum absolute atomic E-state index is 5.72. The molecule has 2 N–H and O–H groups in total. The molecule has 4 heteroatoms. The molecule has 1 aliphatic rings. The summed E-state index contributed by atoms with van der Waals surface area (Å²) in [6.07, 6.45) is 13.1. The van der Waals surface area contributed by atoms with Crippen LogP contribution < -0.4 is 5.73 Å². The Balaban J connectivity index is 2.26. The Morgan fingerprint density at radius 1 is 0.957 bits per heavy atom. The van der Waals surface area contributed by atoms with Crippen molar-refractivity contribution in [3.63, 3.8) is 0 Å². The molecule has 0 radical (unpaired) electrons. The summed E-state index contributed by atoms with van der Waals surface area (Å²) in [5.41, 5.74) is 6.68. The molecular weight excluding hydrogens is 284 g/mol. The second kappa shape index (κ2) is 11.5. The molecule has 0 amide bonds. The average Bonchev–Trinajstić information content (AvgIpc) is 2.88. The van der Waals surface area contributed by atoms with E-state index < -0.39 is 0 Å². The number of hydrogen-bond acceptors (Lipinski definition) is 4. The summed E-state index contributed by atoms with van der Waals surface area (Å²) in [5, 5.41) is 10.8. The summed E-state index contributed by atoms with van der Waals surface area (Å²) in [4.78, 5) is 0. The van der Waals surface area contributed by atoms with Crippen molar-refractivity contribution in [3.8, 4) is 0 Å². The van der Waals surface area contributed by atoms with Crippen LogP contribution in [0.4, 0.5) is 0 Å². The first-order chi connectivity index (χ1) is 11.0. The van der Waals surface area contributed by atoms with Gasteiger partial charge in [0.2, 0.25) is 0 Å². The van der Waals surface area contributed by atoms with Gasteiger partial charge in [0, 0.05) is 12.7 Å². The minimum atomic E-state index is 0.309. The van der Waals surface area contributed by atoms with Crippen molar-refractivity contribution in [1.82, 2.24) is 5.01 Å². The van der Waals surface area contributed by atoms with E-state index in [1.807, 2.05) is 0 Å². The molecule has 0 aromatic rings. The molecule has 0 saturated carbocycles. The molecule has 4 nitrogen and oxygen atoms in total. The van der Waals surface area contributed by atoms with E-state index in [0.29, 0.717) is 6.04 Å². The third kappa shape index (κ3) is 8.38. The van der Waals surface area contributed by atoms with Gasteiger partial charge in [-0.05, 0) is 24.7 Å². The van der Waals surface area contributed by atoms with E-state index in [0.717, 1.165) is 30.5 Å². The highest BCUT2D eigenvalue weighted by Gasteiger charge is 2.26. The Bertz CT molecular complexity index is 360. The Kier molecular flexibility index (Phi) is 9.97. The van der Waals surface area contributed by atoms with E-state index in [-0.39, 0.29) is 0 Å². The van der Waals surface area contributed by atoms with Crippen LogP contribution in [0.15, 0.2) is 22.2 Å². The molecule has 0 spiro atoms. The highest BCUT2D eigenvalue weighted by molar-refractivity contribution is 5.09. The first-order valence-electron chi connectivity index (χ1n) is 9.64. The summed E-state index contributed by atoms with van der Waals surface area (Å²) in [5.74, 6) is 1.63. The van der Waals surface area contributed by atoms with Gasteiger partial charge in [-0.2, -0.15) is 0 Å². The quantitative estimate of drug-likeness (QED) is 0.471. The Hall–Kier alpha value is -1.06. The van der Waals surface area contributed by atoms with E-state index in [2.05, 4.69) is 43.0 Å². The van der Waals surface area contributed by atoms with Crippen LogP contribution in [0, 0.1) is 11.8 Å². The van der Waals surface area contributed by atoms with Crippen molar-refractivity contribution in [2.24, 2.45) is 27.9 Å². The van der Waals surface area contributed by atoms with Gasteiger partial charge in [0.05, 0.1) is 6.04 Å². The lowest BCUT2D eigenvalue weighted by atomic mass is 10.0. The molecule has 0 fully saturated rings. The molecule has 0 aromatic heterocycles. The summed E-state index contributed by atoms with van der Waals surface area (Å²) < 4.78 is 0. The fraction of sp³-hybridized carbons (Fsp3) is 0.895. The van der Waals surface area contributed by atoms with Gasteiger partial charge in [-0.1, -0.05) is 77.9 Å². The zero-order valence-corrected chi connectivity index (χ0v) is 15.8. The van der Waals surface area contributed by atoms with E-state index >= 15 is 0 Å². The van der Waals surface area contributed by atoms with E-state index in [4.69, 9.17) is 5.73 Å². The monoisotopic (exact) mass is 322 g/mol. The maximum atomic E-state index is 5.72. The number of hydrogen-bond donors (Lipinski definition) is 1. The zero-order chi connectivity index (χ0) is 17.1. The van der Waals surface area contributed by atoms with Crippen LogP contribution in [0.3, 0.4) is 0 Å². The number of nitrogens with two attached hydrogens (primary N) is 1. The zero-order valence-electron chi connectivity index (χ0n) is 15.8. The van der Waals surface area contributed by atoms with E-state index in [1.54, 1.807) is 6.20 Å². The molecule has 0 bridgehead atoms. The second-order valence-electron chi connectivity index (χ2n) is 7.73. The van der Waals surface area contributed by atoms with Gasteiger partial charge in [0.1, 0.15) is 5.70 Å². The largest absolute Gasteiger partial charge is 0.403 e. The van der Waals surface area contributed by atoms with Crippen molar-refractivity contribution >= 4 is 0 Å². The van der Waals surface area contributed by atoms with Gasteiger partial charge < -0.3 is 5.73 Å². The smallest absolute Gasteiger partial charge is 0.104 e. The molecule has 1 atom stereocenters. The molecule has 0 aliphatic carbocycles. The van der Waals surface area contributed by atoms with Crippen molar-refractivity contribution in [2.45, 2.75) is 91.5 Å². The van der Waals surface area contributed by atoms with Gasteiger partial charge in [0.25, 0.3) is 0 Å². The van der Waals surface area contributed by atoms with Gasteiger partial charge in [-0.25, -0.2) is 0 Å². The van der Waals surface area contributed by atoms with Gasteiger partial charge in [-0.15, -0.1) is 5.11 Å². The number of unbranched alkanes of at least 4 members (excludes halogenated alkanes) is 4. The molecule has 0 saturated heterocycles. The Morgan fingerprint density at radius 2 is 1.57 bits per heavy atom. The fourth-order valence-corrected chi connectivity index (χ4v) is 3.10. The van der Waals surface area contributed by atoms with Gasteiger partial charge in [-0.3, -0.25) is 5.01 Å². The van der Waals surface area contributed by atoms with Crippen molar-refractivity contribution in [3.05, 3.63) is 11.9 Å². The maximum Gasteiger partial charge on any atom is 0.104 e. The Morgan fingerprint density at radius 3 is 2.13 bits per heavy atom. The van der Waals surface area contributed by atoms with Crippen LogP contribution in [-0.4, -0.2) is 17.6 Å². The lowest BCUT2D eigenvalue weighted by Gasteiger charge is -2.22. The fourth-order valence-electron chi connectivity index (χ4n) is 3.10. The van der Waals surface area contributed by atoms with Crippen LogP contribution in [0.2, 0.25) is 0 Å². The third-order valence-electron chi connectivity index (χ3n) is 4.57. The standard InChI is InChI=1S/C19H38N4/c1-16(2)11-7-5-9-13-19-18(15-20)21-22-23(19)14-10-6-8-12-17(3)4/h15-17,19H,5-14,20H2,1-4H3. The predicted octanol–water partition coefficient (Wildman–Crippen LogP) is 5.66. The molecule has 134 valence electrons. The van der Waals surface area contributed by atoms with Crippen LogP contribution in [0.25, 0.3) is 0 Å². The SMILES string of the molecule is CC(C)CCCCCC1C(=CN)N=NN1CCCCCC(C)C. The minimum Gasteiger partial charge on any atom is -0.403 e. The normalized spacial score (nSPS) is 19.7. The number of nitrogens with zero attached hydrogens (tertiary/aromatic N) is 3. The summed E-state index contributed by atoms with van der Waals surface area (Å²) >= 11 is 0. The summed E-state index contributed by atoms with van der Waals surface area (Å²) in [6, 6.07) is 0.309. The first-order valence-corrected chi connectivity index (χ1v) is 9.64. The lowest BCUT2D eigenvalue weighted by Crippen LogP contribution is -2.29. The van der Waals surface area contributed by atoms with E-state index in [1.165, 1.54) is 51.4 Å². The van der Waals surface area contributed by atoms with Crippen LogP contribution in [0.1, 0.15) is 85.5 Å². The lowest BCUT2D eigenvalue weighted by molar-refractivity contribution is 0.228. The Labute approximate surface area is 143 Å². The average molecular weight is 323 g/mol. The predicted molar refractivity (Wildman–Crippen MR) is 98.8 cm³/mol. The highest BCUT2D eigenvalue weighted by atomic mass is 15.6. The molecule has 1 rings (SSSR count). The first kappa shape index (κ1) is 20.0. The molecule has 1 heterocycles. The van der Waals surface area contributed by atoms with Crippen LogP contribution in [-0.2, 0) is 0 Å². The molecule has 0 aromatic carbocycles.